The van der Waals surface area contributed by atoms with E-state index in [2.05, 4.69) is 44.9 Å². The van der Waals surface area contributed by atoms with Crippen molar-refractivity contribution in [2.24, 2.45) is 0 Å². The Morgan fingerprint density at radius 3 is 2.52 bits per heavy atom. The summed E-state index contributed by atoms with van der Waals surface area (Å²) in [5, 5.41) is 0.0568. The van der Waals surface area contributed by atoms with Crippen molar-refractivity contribution in [1.82, 2.24) is 9.88 Å². The Bertz CT molecular complexity index is 944. The second-order valence-electron chi connectivity index (χ2n) is 11.7. The molecule has 1 atom stereocenters. The lowest BCUT2D eigenvalue weighted by Gasteiger charge is -2.40. The maximum Gasteiger partial charge on any atom is 0.410 e. The highest BCUT2D eigenvalue weighted by Gasteiger charge is 2.41. The van der Waals surface area contributed by atoms with Crippen molar-refractivity contribution in [2.45, 2.75) is 91.1 Å². The maximum atomic E-state index is 13.0. The number of anilines is 1. The molecule has 2 aliphatic heterocycles. The summed E-state index contributed by atoms with van der Waals surface area (Å²) in [5.74, 6) is 1.36. The van der Waals surface area contributed by atoms with Crippen LogP contribution < -0.4 is 10.5 Å². The second kappa shape index (κ2) is 8.95. The van der Waals surface area contributed by atoms with Crippen LogP contribution in [-0.4, -0.2) is 55.7 Å². The number of nitrogens with zero attached hydrogens (tertiary/aromatic N) is 2. The molecule has 0 saturated carbocycles. The Labute approximate surface area is 199 Å². The Morgan fingerprint density at radius 1 is 1.24 bits per heavy atom. The number of hydrogen-bond acceptors (Lipinski definition) is 6. The van der Waals surface area contributed by atoms with Gasteiger partial charge < -0.3 is 24.5 Å². The molecular weight excluding hydrogens is 434 g/mol. The molecule has 2 aliphatic rings. The van der Waals surface area contributed by atoms with Gasteiger partial charge in [0, 0.05) is 30.6 Å². The average Bonchev–Trinajstić information content (AvgIpc) is 2.99. The van der Waals surface area contributed by atoms with E-state index in [4.69, 9.17) is 19.6 Å². The fourth-order valence-electron chi connectivity index (χ4n) is 3.97. The third-order valence-electron chi connectivity index (χ3n) is 6.76. The van der Waals surface area contributed by atoms with Gasteiger partial charge in [-0.15, -0.1) is 0 Å². The molecule has 1 aromatic rings. The molecule has 0 radical (unpaired) electrons. The second-order valence-corrected chi connectivity index (χ2v) is 16.4. The SMILES string of the molecule is Cc1c(N)nc2c(c1C1=CCN(C(=O)OC(C)(C)C)CC(O[Si](C)(C)C(C)(C)C)C1)OCC2. The fourth-order valence-corrected chi connectivity index (χ4v) is 5.31. The van der Waals surface area contributed by atoms with Gasteiger partial charge in [0.15, 0.2) is 8.32 Å². The number of carbonyl (C=O) groups excluding carboxylic acids is 1. The minimum Gasteiger partial charge on any atom is -0.491 e. The Kier molecular flexibility index (Phi) is 6.93. The molecule has 0 saturated heterocycles. The molecule has 0 aromatic carbocycles. The average molecular weight is 476 g/mol. The highest BCUT2D eigenvalue weighted by Crippen LogP contribution is 2.42. The van der Waals surface area contributed by atoms with Crippen LogP contribution in [0.5, 0.6) is 5.75 Å². The molecule has 0 aliphatic carbocycles. The van der Waals surface area contributed by atoms with Gasteiger partial charge in [0.2, 0.25) is 0 Å². The van der Waals surface area contributed by atoms with Crippen LogP contribution in [0.1, 0.15) is 64.8 Å². The quantitative estimate of drug-likeness (QED) is 0.595. The zero-order valence-corrected chi connectivity index (χ0v) is 22.8. The van der Waals surface area contributed by atoms with E-state index in [9.17, 15) is 4.79 Å². The zero-order chi connectivity index (χ0) is 24.8. The van der Waals surface area contributed by atoms with Crippen LogP contribution in [-0.2, 0) is 15.6 Å². The first-order chi connectivity index (χ1) is 15.1. The summed E-state index contributed by atoms with van der Waals surface area (Å²) in [5.41, 5.74) is 9.63. The molecule has 1 aromatic heterocycles. The standard InChI is InChI=1S/C25H41N3O4Si/c1-16-20(21-19(11-13-30-21)27-22(16)26)17-10-12-28(23(29)31-24(2,3)4)15-18(14-17)32-33(8,9)25(5,6)7/h10,18H,11-15H2,1-9H3,(H2,26,27). The third-order valence-corrected chi connectivity index (χ3v) is 11.3. The molecule has 1 unspecified atom stereocenters. The van der Waals surface area contributed by atoms with Crippen molar-refractivity contribution in [2.75, 3.05) is 25.4 Å². The molecule has 0 bridgehead atoms. The van der Waals surface area contributed by atoms with Gasteiger partial charge in [0.1, 0.15) is 17.2 Å². The summed E-state index contributed by atoms with van der Waals surface area (Å²) in [7, 11) is -2.08. The normalized spacial score (nSPS) is 19.5. The predicted octanol–water partition coefficient (Wildman–Crippen LogP) is 5.32. The van der Waals surface area contributed by atoms with E-state index in [1.807, 2.05) is 27.7 Å². The largest absolute Gasteiger partial charge is 0.491 e. The maximum absolute atomic E-state index is 13.0. The van der Waals surface area contributed by atoms with E-state index < -0.39 is 13.9 Å². The minimum absolute atomic E-state index is 0.0568. The van der Waals surface area contributed by atoms with Crippen LogP contribution in [0.25, 0.3) is 5.57 Å². The van der Waals surface area contributed by atoms with Crippen LogP contribution in [0.4, 0.5) is 10.6 Å². The first-order valence-electron chi connectivity index (χ1n) is 11.9. The van der Waals surface area contributed by atoms with Gasteiger partial charge in [-0.3, -0.25) is 0 Å². The van der Waals surface area contributed by atoms with Crippen molar-refractivity contribution in [3.05, 3.63) is 22.9 Å². The van der Waals surface area contributed by atoms with Crippen LogP contribution in [0, 0.1) is 6.92 Å². The van der Waals surface area contributed by atoms with Crippen LogP contribution in [0.3, 0.4) is 0 Å². The van der Waals surface area contributed by atoms with E-state index in [1.54, 1.807) is 4.90 Å². The molecule has 3 heterocycles. The number of nitrogen functional groups attached to an aromatic ring is 1. The van der Waals surface area contributed by atoms with Gasteiger partial charge >= 0.3 is 6.09 Å². The summed E-state index contributed by atoms with van der Waals surface area (Å²) < 4.78 is 18.5. The van der Waals surface area contributed by atoms with Gasteiger partial charge in [0.05, 0.1) is 18.4 Å². The fraction of sp³-hybridized carbons (Fsp3) is 0.680. The number of rotatable bonds is 3. The summed E-state index contributed by atoms with van der Waals surface area (Å²) in [4.78, 5) is 19.3. The molecule has 8 heteroatoms. The first-order valence-corrected chi connectivity index (χ1v) is 14.8. The topological polar surface area (TPSA) is 86.9 Å². The van der Waals surface area contributed by atoms with Crippen LogP contribution in [0.15, 0.2) is 6.08 Å². The van der Waals surface area contributed by atoms with Gasteiger partial charge in [-0.2, -0.15) is 0 Å². The first kappa shape index (κ1) is 25.6. The van der Waals surface area contributed by atoms with Gasteiger partial charge in [0.25, 0.3) is 0 Å². The lowest BCUT2D eigenvalue weighted by Crippen LogP contribution is -2.48. The van der Waals surface area contributed by atoms with Crippen LogP contribution in [0.2, 0.25) is 18.1 Å². The molecule has 0 spiro atoms. The van der Waals surface area contributed by atoms with Gasteiger partial charge in [-0.25, -0.2) is 9.78 Å². The highest BCUT2D eigenvalue weighted by molar-refractivity contribution is 6.74. The van der Waals surface area contributed by atoms with Crippen molar-refractivity contribution in [3.8, 4) is 5.75 Å². The van der Waals surface area contributed by atoms with E-state index in [1.165, 1.54) is 0 Å². The Hall–Kier alpha value is -2.06. The number of amides is 1. The molecule has 1 amide bonds. The van der Waals surface area contributed by atoms with Crippen molar-refractivity contribution in [1.29, 1.82) is 0 Å². The smallest absolute Gasteiger partial charge is 0.410 e. The number of ether oxygens (including phenoxy) is 2. The van der Waals surface area contributed by atoms with Gasteiger partial charge in [-0.1, -0.05) is 26.8 Å². The number of pyridine rings is 1. The van der Waals surface area contributed by atoms with E-state index in [-0.39, 0.29) is 17.2 Å². The zero-order valence-electron chi connectivity index (χ0n) is 21.8. The summed E-state index contributed by atoms with van der Waals surface area (Å²) in [6, 6.07) is 0. The number of fused-ring (bicyclic) bond motifs is 1. The lowest BCUT2D eigenvalue weighted by atomic mass is 9.95. The Balaban J connectivity index is 2.01. The van der Waals surface area contributed by atoms with Crippen molar-refractivity contribution < 1.29 is 18.7 Å². The summed E-state index contributed by atoms with van der Waals surface area (Å²) in [6.07, 6.45) is 3.05. The number of nitrogens with two attached hydrogens (primary N) is 1. The molecule has 0 fully saturated rings. The van der Waals surface area contributed by atoms with Crippen molar-refractivity contribution in [3.63, 3.8) is 0 Å². The molecule has 3 rings (SSSR count). The lowest BCUT2D eigenvalue weighted by molar-refractivity contribution is 0.0196. The highest BCUT2D eigenvalue weighted by atomic mass is 28.4. The summed E-state index contributed by atoms with van der Waals surface area (Å²) >= 11 is 0. The molecule has 2 N–H and O–H groups in total. The third kappa shape index (κ3) is 5.72. The Morgan fingerprint density at radius 2 is 1.91 bits per heavy atom. The summed E-state index contributed by atoms with van der Waals surface area (Å²) in [6.45, 7) is 20.4. The molecular formula is C25H41N3O4Si. The number of aromatic nitrogens is 1. The number of hydrogen-bond donors (Lipinski definition) is 1. The molecule has 33 heavy (non-hydrogen) atoms. The van der Waals surface area contributed by atoms with E-state index in [0.29, 0.717) is 31.9 Å². The van der Waals surface area contributed by atoms with Crippen LogP contribution >= 0.6 is 0 Å². The van der Waals surface area contributed by atoms with E-state index >= 15 is 0 Å². The van der Waals surface area contributed by atoms with Crippen molar-refractivity contribution >= 4 is 25.8 Å². The number of carbonyl (C=O) groups is 1. The van der Waals surface area contributed by atoms with E-state index in [0.717, 1.165) is 34.6 Å². The van der Waals surface area contributed by atoms with Gasteiger partial charge in [-0.05, 0) is 57.8 Å². The monoisotopic (exact) mass is 475 g/mol. The predicted molar refractivity (Wildman–Crippen MR) is 135 cm³/mol. The minimum atomic E-state index is -2.08. The molecule has 184 valence electrons. The molecule has 7 nitrogen and oxygen atoms in total.